The molecule has 1 atom stereocenters. The van der Waals surface area contributed by atoms with Crippen LogP contribution in [-0.4, -0.2) is 32.2 Å². The van der Waals surface area contributed by atoms with Gasteiger partial charge in [0.15, 0.2) is 0 Å². The number of hydrogen-bond donors (Lipinski definition) is 1. The molecule has 0 saturated carbocycles. The molecule has 1 aromatic heterocycles. The van der Waals surface area contributed by atoms with Crippen LogP contribution in [0.4, 0.5) is 4.39 Å². The van der Waals surface area contributed by atoms with Crippen LogP contribution in [-0.2, 0) is 9.59 Å². The molecule has 0 radical (unpaired) electrons. The highest BCUT2D eigenvalue weighted by atomic mass is 32.2. The molecule has 27 heavy (non-hydrogen) atoms. The molecule has 5 nitrogen and oxygen atoms in total. The maximum absolute atomic E-state index is 13.9. The number of benzene rings is 1. The Kier molecular flexibility index (Phi) is 5.48. The van der Waals surface area contributed by atoms with Crippen molar-refractivity contribution < 1.29 is 23.5 Å². The van der Waals surface area contributed by atoms with Gasteiger partial charge in [-0.3, -0.25) is 9.69 Å². The van der Waals surface area contributed by atoms with Crippen LogP contribution in [0.2, 0.25) is 0 Å². The van der Waals surface area contributed by atoms with E-state index in [-0.39, 0.29) is 15.1 Å². The minimum atomic E-state index is -1.11. The zero-order valence-corrected chi connectivity index (χ0v) is 16.1. The molecule has 1 aliphatic heterocycles. The van der Waals surface area contributed by atoms with Gasteiger partial charge in [-0.1, -0.05) is 50.0 Å². The predicted octanol–water partition coefficient (Wildman–Crippen LogP) is 4.40. The Morgan fingerprint density at radius 1 is 1.30 bits per heavy atom. The Bertz CT molecular complexity index is 951. The van der Waals surface area contributed by atoms with Crippen LogP contribution in [0, 0.1) is 11.7 Å². The Morgan fingerprint density at radius 2 is 2.00 bits per heavy atom. The number of amides is 1. The van der Waals surface area contributed by atoms with Gasteiger partial charge < -0.3 is 9.52 Å². The first kappa shape index (κ1) is 19.3. The molecule has 2 heterocycles. The topological polar surface area (TPSA) is 70.8 Å². The number of carboxylic acids is 1. The lowest BCUT2D eigenvalue weighted by atomic mass is 10.0. The van der Waals surface area contributed by atoms with E-state index in [2.05, 4.69) is 0 Å². The molecular weight excluding hydrogens is 389 g/mol. The average Bonchev–Trinajstić information content (AvgIpc) is 3.15. The van der Waals surface area contributed by atoms with E-state index < -0.39 is 23.7 Å². The van der Waals surface area contributed by atoms with E-state index >= 15 is 0 Å². The molecule has 0 unspecified atom stereocenters. The number of aliphatic carboxylic acids is 1. The highest BCUT2D eigenvalue weighted by Gasteiger charge is 2.42. The van der Waals surface area contributed by atoms with E-state index in [0.717, 1.165) is 16.7 Å². The van der Waals surface area contributed by atoms with E-state index in [1.165, 1.54) is 12.1 Å². The Balaban J connectivity index is 1.89. The van der Waals surface area contributed by atoms with Crippen molar-refractivity contribution >= 4 is 46.3 Å². The third-order valence-corrected chi connectivity index (χ3v) is 5.36. The van der Waals surface area contributed by atoms with Crippen molar-refractivity contribution in [1.82, 2.24) is 4.90 Å². The molecule has 0 bridgehead atoms. The third kappa shape index (κ3) is 3.81. The number of thiocarbonyl (C=S) groups is 1. The number of carbonyl (C=O) groups is 2. The van der Waals surface area contributed by atoms with Gasteiger partial charge in [0.1, 0.15) is 27.7 Å². The van der Waals surface area contributed by atoms with Crippen molar-refractivity contribution in [1.29, 1.82) is 0 Å². The van der Waals surface area contributed by atoms with Gasteiger partial charge in [0.2, 0.25) is 0 Å². The number of thioether (sulfide) groups is 1. The zero-order valence-electron chi connectivity index (χ0n) is 14.5. The second-order valence-corrected chi connectivity index (χ2v) is 7.94. The lowest BCUT2D eigenvalue weighted by Crippen LogP contribution is -2.47. The van der Waals surface area contributed by atoms with E-state index in [1.807, 2.05) is 0 Å². The van der Waals surface area contributed by atoms with Crippen LogP contribution in [0.1, 0.15) is 19.6 Å². The molecule has 1 N–H and O–H groups in total. The summed E-state index contributed by atoms with van der Waals surface area (Å²) < 4.78 is 19.7. The molecule has 3 rings (SSSR count). The molecule has 1 fully saturated rings. The summed E-state index contributed by atoms with van der Waals surface area (Å²) in [6.07, 6.45) is 1.49. The smallest absolute Gasteiger partial charge is 0.327 e. The first-order chi connectivity index (χ1) is 12.8. The summed E-state index contributed by atoms with van der Waals surface area (Å²) in [5.41, 5.74) is 0.315. The van der Waals surface area contributed by atoms with Crippen LogP contribution in [0.25, 0.3) is 17.4 Å². The SMILES string of the molecule is CC(C)[C@@H](C(=O)O)N1C(=O)/C(=C\c2ccc(-c3ccccc3F)o2)SC1=S. The summed E-state index contributed by atoms with van der Waals surface area (Å²) in [7, 11) is 0. The van der Waals surface area contributed by atoms with E-state index in [9.17, 15) is 19.1 Å². The van der Waals surface area contributed by atoms with Crippen molar-refractivity contribution in [2.24, 2.45) is 5.92 Å². The van der Waals surface area contributed by atoms with Crippen LogP contribution >= 0.6 is 24.0 Å². The Hall–Kier alpha value is -2.45. The van der Waals surface area contributed by atoms with Crippen molar-refractivity contribution in [3.05, 3.63) is 52.9 Å². The molecule has 1 aliphatic rings. The summed E-state index contributed by atoms with van der Waals surface area (Å²) in [5.74, 6) is -1.62. The fourth-order valence-corrected chi connectivity index (χ4v) is 4.09. The van der Waals surface area contributed by atoms with Crippen molar-refractivity contribution in [3.8, 4) is 11.3 Å². The molecule has 1 amide bonds. The quantitative estimate of drug-likeness (QED) is 0.587. The maximum Gasteiger partial charge on any atom is 0.327 e. The van der Waals surface area contributed by atoms with Gasteiger partial charge >= 0.3 is 5.97 Å². The van der Waals surface area contributed by atoms with Crippen LogP contribution in [0.5, 0.6) is 0 Å². The van der Waals surface area contributed by atoms with Gasteiger partial charge in [-0.15, -0.1) is 0 Å². The van der Waals surface area contributed by atoms with Gasteiger partial charge in [0.25, 0.3) is 5.91 Å². The van der Waals surface area contributed by atoms with E-state index in [0.29, 0.717) is 17.1 Å². The zero-order chi connectivity index (χ0) is 19.7. The van der Waals surface area contributed by atoms with Crippen LogP contribution < -0.4 is 0 Å². The average molecular weight is 405 g/mol. The Morgan fingerprint density at radius 3 is 2.63 bits per heavy atom. The fraction of sp³-hybridized carbons (Fsp3) is 0.211. The standard InChI is InChI=1S/C19H16FNO4S2/c1-10(2)16(18(23)24)21-17(22)15(27-19(21)26)9-11-7-8-14(25-11)12-5-3-4-6-13(12)20/h3-10,16H,1-2H3,(H,23,24)/b15-9+/t16-/m0/s1. The monoisotopic (exact) mass is 405 g/mol. The number of carboxylic acid groups (broad SMARTS) is 1. The molecule has 2 aromatic rings. The first-order valence-electron chi connectivity index (χ1n) is 8.14. The first-order valence-corrected chi connectivity index (χ1v) is 9.36. The number of carbonyl (C=O) groups excluding carboxylic acids is 1. The summed E-state index contributed by atoms with van der Waals surface area (Å²) in [5, 5.41) is 9.43. The number of furan rings is 1. The molecule has 0 aliphatic carbocycles. The van der Waals surface area contributed by atoms with Crippen molar-refractivity contribution in [3.63, 3.8) is 0 Å². The fourth-order valence-electron chi connectivity index (χ4n) is 2.78. The molecule has 8 heteroatoms. The minimum absolute atomic E-state index is 0.188. The van der Waals surface area contributed by atoms with Gasteiger partial charge in [-0.05, 0) is 30.2 Å². The molecule has 140 valence electrons. The van der Waals surface area contributed by atoms with Crippen LogP contribution in [0.3, 0.4) is 0 Å². The lowest BCUT2D eigenvalue weighted by Gasteiger charge is -2.26. The number of hydrogen-bond acceptors (Lipinski definition) is 5. The maximum atomic E-state index is 13.9. The van der Waals surface area contributed by atoms with Gasteiger partial charge in [-0.2, -0.15) is 0 Å². The second-order valence-electron chi connectivity index (χ2n) is 6.26. The van der Waals surface area contributed by atoms with Crippen molar-refractivity contribution in [2.75, 3.05) is 0 Å². The van der Waals surface area contributed by atoms with Gasteiger partial charge in [0.05, 0.1) is 10.5 Å². The molecule has 0 spiro atoms. The summed E-state index contributed by atoms with van der Waals surface area (Å²) in [4.78, 5) is 25.6. The Labute approximate surface area is 164 Å². The molecule has 1 saturated heterocycles. The molecule has 1 aromatic carbocycles. The van der Waals surface area contributed by atoms with Crippen LogP contribution in [0.15, 0.2) is 45.7 Å². The largest absolute Gasteiger partial charge is 0.480 e. The molecular formula is C19H16FNO4S2. The van der Waals surface area contributed by atoms with Gasteiger partial charge in [0, 0.05) is 6.08 Å². The summed E-state index contributed by atoms with van der Waals surface area (Å²) in [6, 6.07) is 8.41. The lowest BCUT2D eigenvalue weighted by molar-refractivity contribution is -0.146. The normalized spacial score (nSPS) is 17.2. The van der Waals surface area contributed by atoms with Gasteiger partial charge in [-0.25, -0.2) is 9.18 Å². The number of rotatable bonds is 5. The number of halogens is 1. The minimum Gasteiger partial charge on any atom is -0.480 e. The van der Waals surface area contributed by atoms with E-state index in [4.69, 9.17) is 16.6 Å². The second kappa shape index (κ2) is 7.66. The summed E-state index contributed by atoms with van der Waals surface area (Å²) >= 11 is 6.23. The highest BCUT2D eigenvalue weighted by Crippen LogP contribution is 2.36. The highest BCUT2D eigenvalue weighted by molar-refractivity contribution is 8.26. The van der Waals surface area contributed by atoms with Crippen molar-refractivity contribution in [2.45, 2.75) is 19.9 Å². The van der Waals surface area contributed by atoms with E-state index in [1.54, 1.807) is 44.2 Å². The third-order valence-electron chi connectivity index (χ3n) is 4.03. The predicted molar refractivity (Wildman–Crippen MR) is 105 cm³/mol. The number of nitrogens with zero attached hydrogens (tertiary/aromatic N) is 1. The summed E-state index contributed by atoms with van der Waals surface area (Å²) in [6.45, 7) is 3.43.